The van der Waals surface area contributed by atoms with Crippen molar-refractivity contribution in [1.29, 1.82) is 0 Å². The van der Waals surface area contributed by atoms with Crippen LogP contribution in [0.3, 0.4) is 0 Å². The minimum absolute atomic E-state index is 0.184. The zero-order chi connectivity index (χ0) is 33.9. The third kappa shape index (κ3) is 6.20. The maximum Gasteiger partial charge on any atom is 0.319 e. The van der Waals surface area contributed by atoms with Crippen LogP contribution in [-0.2, 0) is 6.54 Å². The van der Waals surface area contributed by atoms with Gasteiger partial charge in [-0.05, 0) is 57.4 Å². The van der Waals surface area contributed by atoms with Crippen molar-refractivity contribution in [3.05, 3.63) is 144 Å². The minimum Gasteiger partial charge on any atom is -0.534 e. The number of aromatic nitrogens is 2. The Morgan fingerprint density at radius 2 is 1.35 bits per heavy atom. The maximum absolute atomic E-state index is 13.2. The average molecular weight is 655 g/mol. The molecule has 0 aliphatic heterocycles. The molecule has 0 saturated heterocycles. The monoisotopic (exact) mass is 654 g/mol. The summed E-state index contributed by atoms with van der Waals surface area (Å²) in [6, 6.07) is 41.2. The third-order valence-electron chi connectivity index (χ3n) is 8.52. The summed E-state index contributed by atoms with van der Waals surface area (Å²) in [5.74, 6) is 0.586. The van der Waals surface area contributed by atoms with Crippen LogP contribution < -0.4 is 30.6 Å². The molecule has 0 radical (unpaired) electrons. The standard InChI is InChI=1S/C39H38N4O4Si/c1-39(2,3)48(31-16-10-6-11-17-31,32-18-12-7-13-19-32)47-30-22-20-27(21-23-30)26-43-35-33(24-29(36(40)44)25-34(35)46-4)41-38(43)42-37(45)28-14-8-5-9-15-28/h5-25H,26H2,1-4H3,(H2,40,44)(H,41,42,45). The summed E-state index contributed by atoms with van der Waals surface area (Å²) < 4.78 is 14.8. The van der Waals surface area contributed by atoms with E-state index in [1.165, 1.54) is 17.5 Å². The number of hydrogen-bond acceptors (Lipinski definition) is 5. The van der Waals surface area contributed by atoms with E-state index in [9.17, 15) is 9.59 Å². The van der Waals surface area contributed by atoms with Crippen LogP contribution >= 0.6 is 0 Å². The highest BCUT2D eigenvalue weighted by Gasteiger charge is 2.52. The van der Waals surface area contributed by atoms with Gasteiger partial charge in [0, 0.05) is 11.1 Å². The van der Waals surface area contributed by atoms with E-state index < -0.39 is 14.2 Å². The number of carbonyl (C=O) groups excluding carboxylic acids is 2. The summed E-state index contributed by atoms with van der Waals surface area (Å²) in [7, 11) is -1.29. The van der Waals surface area contributed by atoms with E-state index in [-0.39, 0.29) is 16.5 Å². The van der Waals surface area contributed by atoms with Gasteiger partial charge in [0.2, 0.25) is 11.9 Å². The molecule has 2 amide bonds. The minimum atomic E-state index is -2.81. The van der Waals surface area contributed by atoms with Gasteiger partial charge in [-0.1, -0.05) is 112 Å². The molecule has 8 nitrogen and oxygen atoms in total. The zero-order valence-corrected chi connectivity index (χ0v) is 28.4. The first-order chi connectivity index (χ1) is 23.1. The molecule has 9 heteroatoms. The number of ether oxygens (including phenoxy) is 1. The van der Waals surface area contributed by atoms with Gasteiger partial charge in [0.05, 0.1) is 19.2 Å². The molecule has 0 atom stereocenters. The number of carbonyl (C=O) groups is 2. The van der Waals surface area contributed by atoms with Gasteiger partial charge >= 0.3 is 8.32 Å². The highest BCUT2D eigenvalue weighted by atomic mass is 28.4. The van der Waals surface area contributed by atoms with Gasteiger partial charge in [-0.25, -0.2) is 4.98 Å². The number of benzene rings is 5. The second-order valence-electron chi connectivity index (χ2n) is 12.7. The lowest BCUT2D eigenvalue weighted by molar-refractivity contribution is 0.0997. The van der Waals surface area contributed by atoms with E-state index in [0.29, 0.717) is 34.8 Å². The number of nitrogens with zero attached hydrogens (tertiary/aromatic N) is 2. The van der Waals surface area contributed by atoms with E-state index >= 15 is 0 Å². The van der Waals surface area contributed by atoms with Gasteiger partial charge in [-0.15, -0.1) is 0 Å². The highest BCUT2D eigenvalue weighted by Crippen LogP contribution is 2.38. The fourth-order valence-corrected chi connectivity index (χ4v) is 10.6. The molecule has 6 aromatic rings. The van der Waals surface area contributed by atoms with Gasteiger partial charge in [0.1, 0.15) is 17.0 Å². The summed E-state index contributed by atoms with van der Waals surface area (Å²) in [5, 5.41) is 5.16. The van der Waals surface area contributed by atoms with E-state index in [0.717, 1.165) is 11.3 Å². The van der Waals surface area contributed by atoms with Crippen molar-refractivity contribution >= 4 is 47.5 Å². The molecule has 48 heavy (non-hydrogen) atoms. The number of primary amides is 1. The molecule has 1 aromatic heterocycles. The first-order valence-electron chi connectivity index (χ1n) is 15.7. The molecule has 0 spiro atoms. The Balaban J connectivity index is 1.39. The zero-order valence-electron chi connectivity index (χ0n) is 27.4. The van der Waals surface area contributed by atoms with Gasteiger partial charge < -0.3 is 19.5 Å². The van der Waals surface area contributed by atoms with Crippen molar-refractivity contribution in [2.75, 3.05) is 12.4 Å². The molecule has 0 unspecified atom stereocenters. The molecular formula is C39H38N4O4Si. The topological polar surface area (TPSA) is 108 Å². The van der Waals surface area contributed by atoms with E-state index in [1.54, 1.807) is 36.4 Å². The van der Waals surface area contributed by atoms with Crippen molar-refractivity contribution in [2.45, 2.75) is 32.4 Å². The van der Waals surface area contributed by atoms with Crippen molar-refractivity contribution in [1.82, 2.24) is 9.55 Å². The second kappa shape index (κ2) is 13.2. The van der Waals surface area contributed by atoms with Crippen LogP contribution in [0, 0.1) is 0 Å². The first kappa shape index (κ1) is 32.3. The molecular weight excluding hydrogens is 617 g/mol. The van der Waals surface area contributed by atoms with Gasteiger partial charge in [-0.3, -0.25) is 14.9 Å². The lowest BCUT2D eigenvalue weighted by Crippen LogP contribution is -2.68. The number of methoxy groups -OCH3 is 1. The molecule has 242 valence electrons. The van der Waals surface area contributed by atoms with E-state index in [1.807, 2.05) is 47.0 Å². The van der Waals surface area contributed by atoms with Crippen LogP contribution in [0.5, 0.6) is 11.5 Å². The summed E-state index contributed by atoms with van der Waals surface area (Å²) in [5.41, 5.74) is 8.39. The molecule has 0 fully saturated rings. The average Bonchev–Trinajstić information content (AvgIpc) is 3.44. The van der Waals surface area contributed by atoms with Crippen molar-refractivity contribution in [3.8, 4) is 11.5 Å². The predicted octanol–water partition coefficient (Wildman–Crippen LogP) is 6.38. The van der Waals surface area contributed by atoms with Gasteiger partial charge in [0.25, 0.3) is 5.91 Å². The van der Waals surface area contributed by atoms with E-state index in [4.69, 9.17) is 19.9 Å². The molecule has 1 heterocycles. The summed E-state index contributed by atoms with van der Waals surface area (Å²) in [4.78, 5) is 30.0. The van der Waals surface area contributed by atoms with Crippen molar-refractivity contribution in [3.63, 3.8) is 0 Å². The summed E-state index contributed by atoms with van der Waals surface area (Å²) in [6.07, 6.45) is 0. The lowest BCUT2D eigenvalue weighted by Gasteiger charge is -2.43. The SMILES string of the molecule is COc1cc(C(N)=O)cc2nc(NC(=O)c3ccccc3)n(Cc3ccc(O[Si](c4ccccc4)(c4ccccc4)C(C)(C)C)cc3)c12. The molecule has 0 bridgehead atoms. The largest absolute Gasteiger partial charge is 0.534 e. The Morgan fingerprint density at radius 3 is 1.88 bits per heavy atom. The molecule has 5 aromatic carbocycles. The predicted molar refractivity (Wildman–Crippen MR) is 193 cm³/mol. The molecule has 0 aliphatic carbocycles. The lowest BCUT2D eigenvalue weighted by atomic mass is 10.1. The fourth-order valence-electron chi connectivity index (χ4n) is 6.21. The van der Waals surface area contributed by atoms with Crippen LogP contribution in [0.25, 0.3) is 11.0 Å². The van der Waals surface area contributed by atoms with Crippen molar-refractivity contribution in [2.24, 2.45) is 5.73 Å². The number of hydrogen-bond donors (Lipinski definition) is 2. The fraction of sp³-hybridized carbons (Fsp3) is 0.154. The number of imidazole rings is 1. The van der Waals surface area contributed by atoms with Crippen LogP contribution in [0.2, 0.25) is 5.04 Å². The number of amides is 2. The van der Waals surface area contributed by atoms with Crippen LogP contribution in [0.15, 0.2) is 127 Å². The quantitative estimate of drug-likeness (QED) is 0.167. The third-order valence-corrected chi connectivity index (χ3v) is 13.5. The highest BCUT2D eigenvalue weighted by molar-refractivity contribution is 7.00. The Hall–Kier alpha value is -5.67. The Labute approximate surface area is 281 Å². The summed E-state index contributed by atoms with van der Waals surface area (Å²) >= 11 is 0. The normalized spacial score (nSPS) is 11.7. The summed E-state index contributed by atoms with van der Waals surface area (Å²) in [6.45, 7) is 7.10. The molecule has 0 saturated carbocycles. The van der Waals surface area contributed by atoms with E-state index in [2.05, 4.69) is 74.6 Å². The van der Waals surface area contributed by atoms with Crippen LogP contribution in [0.1, 0.15) is 47.1 Å². The van der Waals surface area contributed by atoms with Crippen LogP contribution in [-0.4, -0.2) is 36.8 Å². The molecule has 6 rings (SSSR count). The maximum atomic E-state index is 13.2. The Morgan fingerprint density at radius 1 is 0.792 bits per heavy atom. The number of rotatable bonds is 10. The van der Waals surface area contributed by atoms with Crippen LogP contribution in [0.4, 0.5) is 5.95 Å². The molecule has 3 N–H and O–H groups in total. The number of nitrogens with one attached hydrogen (secondary N) is 1. The van der Waals surface area contributed by atoms with Crippen molar-refractivity contribution < 1.29 is 18.8 Å². The smallest absolute Gasteiger partial charge is 0.319 e. The van der Waals surface area contributed by atoms with Gasteiger partial charge in [0.15, 0.2) is 0 Å². The number of anilines is 1. The second-order valence-corrected chi connectivity index (χ2v) is 16.9. The molecule has 0 aliphatic rings. The number of nitrogens with two attached hydrogens (primary N) is 1. The first-order valence-corrected chi connectivity index (χ1v) is 17.6. The number of fused-ring (bicyclic) bond motifs is 1. The Kier molecular flexibility index (Phi) is 8.88. The van der Waals surface area contributed by atoms with Gasteiger partial charge in [-0.2, -0.15) is 0 Å². The Bertz CT molecular complexity index is 2020.